The molecule has 0 spiro atoms. The van der Waals surface area contributed by atoms with Gasteiger partial charge in [-0.25, -0.2) is 0 Å². The Bertz CT molecular complexity index is 2110. The van der Waals surface area contributed by atoms with Crippen LogP contribution in [0, 0.1) is 0 Å². The summed E-state index contributed by atoms with van der Waals surface area (Å²) in [4.78, 5) is 1.97. The van der Waals surface area contributed by atoms with E-state index >= 15 is 0 Å². The predicted octanol–water partition coefficient (Wildman–Crippen LogP) is 14.4. The number of anilines is 3. The van der Waals surface area contributed by atoms with Crippen LogP contribution in [-0.4, -0.2) is 19.1 Å². The number of ether oxygens (including phenoxy) is 3. The van der Waals surface area contributed by atoms with E-state index in [1.807, 2.05) is 77.7 Å². The third-order valence-corrected chi connectivity index (χ3v) is 8.13. The van der Waals surface area contributed by atoms with Gasteiger partial charge in [0.15, 0.2) is 0 Å². The van der Waals surface area contributed by atoms with Gasteiger partial charge in [0, 0.05) is 17.1 Å². The van der Waals surface area contributed by atoms with Crippen LogP contribution in [0.2, 0.25) is 0 Å². The Hall–Kier alpha value is -6.89. The Balaban J connectivity index is 1.25. The van der Waals surface area contributed by atoms with Crippen molar-refractivity contribution in [2.24, 2.45) is 0 Å². The second-order valence-corrected chi connectivity index (χ2v) is 12.5. The van der Waals surface area contributed by atoms with E-state index in [2.05, 4.69) is 14.2 Å². The number of hydrogen-bond donors (Lipinski definition) is 0. The van der Waals surface area contributed by atoms with E-state index in [1.165, 1.54) is 54.6 Å². The van der Waals surface area contributed by atoms with Gasteiger partial charge in [0.05, 0.1) is 0 Å². The number of alkyl halides is 9. The average molecular weight is 804 g/mol. The summed E-state index contributed by atoms with van der Waals surface area (Å²) in [7, 11) is 0. The van der Waals surface area contributed by atoms with E-state index in [-0.39, 0.29) is 17.2 Å². The molecule has 0 heterocycles. The van der Waals surface area contributed by atoms with Crippen molar-refractivity contribution < 1.29 is 53.7 Å². The zero-order chi connectivity index (χ0) is 41.3. The fourth-order valence-corrected chi connectivity index (χ4v) is 5.67. The average Bonchev–Trinajstić information content (AvgIpc) is 3.15. The molecule has 0 aliphatic carbocycles. The summed E-state index contributed by atoms with van der Waals surface area (Å²) in [6.45, 7) is 0. The number of hydrogen-bond acceptors (Lipinski definition) is 4. The van der Waals surface area contributed by atoms with Gasteiger partial charge in [-0.15, -0.1) is 39.5 Å². The van der Waals surface area contributed by atoms with Crippen molar-refractivity contribution in [3.05, 3.63) is 179 Å². The molecule has 6 aromatic rings. The summed E-state index contributed by atoms with van der Waals surface area (Å²) >= 11 is 0. The van der Waals surface area contributed by atoms with Crippen LogP contribution >= 0.6 is 0 Å². The molecule has 0 aliphatic rings. The van der Waals surface area contributed by atoms with E-state index in [9.17, 15) is 39.5 Å². The maximum atomic E-state index is 12.7. The Morgan fingerprint density at radius 2 is 0.552 bits per heavy atom. The third kappa shape index (κ3) is 12.6. The molecule has 0 bridgehead atoms. The molecular formula is C45H30F9NO3. The summed E-state index contributed by atoms with van der Waals surface area (Å²) in [6, 6.07) is 39.1. The number of rotatable bonds is 12. The van der Waals surface area contributed by atoms with Gasteiger partial charge in [-0.2, -0.15) is 0 Å². The van der Waals surface area contributed by atoms with Crippen LogP contribution in [0.4, 0.5) is 56.6 Å². The van der Waals surface area contributed by atoms with E-state index in [1.54, 1.807) is 54.7 Å². The molecule has 0 saturated heterocycles. The molecule has 0 radical (unpaired) electrons. The molecule has 6 rings (SSSR count). The SMILES string of the molecule is FC(F)(F)Oc1cccc(/C=C/c2ccc(N(c3ccc(/C=C/c4cccc(OC(F)(F)F)c4)cc3)c3ccc(/C=C/c4cccc(OC(F)(F)F)c4)cc3)cc2)c1. The summed E-state index contributed by atoms with van der Waals surface area (Å²) in [6.07, 6.45) is -4.21. The molecule has 6 aromatic carbocycles. The van der Waals surface area contributed by atoms with E-state index in [0.717, 1.165) is 33.8 Å². The minimum atomic E-state index is -4.81. The molecule has 0 unspecified atom stereocenters. The van der Waals surface area contributed by atoms with Crippen LogP contribution in [0.1, 0.15) is 33.4 Å². The van der Waals surface area contributed by atoms with E-state index in [4.69, 9.17) is 0 Å². The lowest BCUT2D eigenvalue weighted by Gasteiger charge is -2.26. The van der Waals surface area contributed by atoms with Crippen LogP contribution in [0.15, 0.2) is 146 Å². The highest BCUT2D eigenvalue weighted by Gasteiger charge is 2.32. The Morgan fingerprint density at radius 1 is 0.310 bits per heavy atom. The minimum absolute atomic E-state index is 0.335. The molecule has 13 heteroatoms. The molecular weight excluding hydrogens is 773 g/mol. The van der Waals surface area contributed by atoms with Crippen molar-refractivity contribution in [1.29, 1.82) is 0 Å². The smallest absolute Gasteiger partial charge is 0.406 e. The Morgan fingerprint density at radius 3 is 0.793 bits per heavy atom. The minimum Gasteiger partial charge on any atom is -0.406 e. The Labute approximate surface area is 327 Å². The molecule has 4 nitrogen and oxygen atoms in total. The Kier molecular flexibility index (Phi) is 12.3. The second-order valence-electron chi connectivity index (χ2n) is 12.5. The normalized spacial score (nSPS) is 12.4. The van der Waals surface area contributed by atoms with Gasteiger partial charge in [0.2, 0.25) is 0 Å². The fraction of sp³-hybridized carbons (Fsp3) is 0.0667. The van der Waals surface area contributed by atoms with E-state index < -0.39 is 19.1 Å². The summed E-state index contributed by atoms with van der Waals surface area (Å²) < 4.78 is 126. The van der Waals surface area contributed by atoms with Crippen LogP contribution in [-0.2, 0) is 0 Å². The lowest BCUT2D eigenvalue weighted by atomic mass is 10.1. The standard InChI is InChI=1S/C45H30F9NO3/c46-43(47,48)56-40-7-1-4-34(28-40)13-10-31-16-22-37(23-17-31)55(38-24-18-32(19-25-38)11-14-35-5-2-8-41(29-35)57-44(49,50)51)39-26-20-33(21-27-39)12-15-36-6-3-9-42(30-36)58-45(52,53)54/h1-30H/b13-10+,14-11+,15-12+. The molecule has 0 aliphatic heterocycles. The van der Waals surface area contributed by atoms with Crippen LogP contribution < -0.4 is 19.1 Å². The second kappa shape index (κ2) is 17.5. The topological polar surface area (TPSA) is 30.9 Å². The lowest BCUT2D eigenvalue weighted by molar-refractivity contribution is -0.275. The highest BCUT2D eigenvalue weighted by Crippen LogP contribution is 2.36. The monoisotopic (exact) mass is 803 g/mol. The zero-order valence-corrected chi connectivity index (χ0v) is 29.9. The van der Waals surface area contributed by atoms with Crippen molar-refractivity contribution in [2.45, 2.75) is 19.1 Å². The van der Waals surface area contributed by atoms with Gasteiger partial charge < -0.3 is 19.1 Å². The fourth-order valence-electron chi connectivity index (χ4n) is 5.67. The molecule has 296 valence electrons. The maximum absolute atomic E-state index is 12.7. The predicted molar refractivity (Wildman–Crippen MR) is 207 cm³/mol. The number of halogens is 9. The molecule has 0 saturated carbocycles. The maximum Gasteiger partial charge on any atom is 0.573 e. The highest BCUT2D eigenvalue weighted by molar-refractivity contribution is 5.80. The van der Waals surface area contributed by atoms with Gasteiger partial charge in [-0.3, -0.25) is 0 Å². The van der Waals surface area contributed by atoms with Gasteiger partial charge >= 0.3 is 19.1 Å². The van der Waals surface area contributed by atoms with Gasteiger partial charge in [0.25, 0.3) is 0 Å². The first-order valence-corrected chi connectivity index (χ1v) is 17.3. The summed E-state index contributed by atoms with van der Waals surface area (Å²) in [5, 5.41) is 0. The molecule has 0 fully saturated rings. The van der Waals surface area contributed by atoms with Gasteiger partial charge in [-0.1, -0.05) is 109 Å². The molecule has 58 heavy (non-hydrogen) atoms. The van der Waals surface area contributed by atoms with E-state index in [0.29, 0.717) is 16.7 Å². The van der Waals surface area contributed by atoms with Crippen LogP contribution in [0.3, 0.4) is 0 Å². The third-order valence-electron chi connectivity index (χ3n) is 8.13. The summed E-state index contributed by atoms with van der Waals surface area (Å²) in [5.74, 6) is -1.01. The highest BCUT2D eigenvalue weighted by atomic mass is 19.4. The largest absolute Gasteiger partial charge is 0.573 e. The number of benzene rings is 6. The van der Waals surface area contributed by atoms with Crippen molar-refractivity contribution in [3.8, 4) is 17.2 Å². The molecule has 0 amide bonds. The van der Waals surface area contributed by atoms with Crippen LogP contribution in [0.5, 0.6) is 17.2 Å². The van der Waals surface area contributed by atoms with Crippen LogP contribution in [0.25, 0.3) is 36.5 Å². The number of nitrogens with zero attached hydrogens (tertiary/aromatic N) is 1. The first-order chi connectivity index (χ1) is 27.5. The molecule has 0 aromatic heterocycles. The quantitative estimate of drug-likeness (QED) is 0.0911. The first-order valence-electron chi connectivity index (χ1n) is 17.3. The van der Waals surface area contributed by atoms with Crippen molar-refractivity contribution >= 4 is 53.5 Å². The molecule has 0 N–H and O–H groups in total. The zero-order valence-electron chi connectivity index (χ0n) is 29.9. The lowest BCUT2D eigenvalue weighted by Crippen LogP contribution is -2.17. The van der Waals surface area contributed by atoms with Gasteiger partial charge in [-0.05, 0) is 106 Å². The van der Waals surface area contributed by atoms with Crippen molar-refractivity contribution in [2.75, 3.05) is 4.90 Å². The summed E-state index contributed by atoms with van der Waals surface area (Å²) in [5.41, 5.74) is 6.07. The van der Waals surface area contributed by atoms with Gasteiger partial charge in [0.1, 0.15) is 17.2 Å². The van der Waals surface area contributed by atoms with Crippen molar-refractivity contribution in [3.63, 3.8) is 0 Å². The molecule has 0 atom stereocenters. The first kappa shape index (κ1) is 40.8. The van der Waals surface area contributed by atoms with Crippen molar-refractivity contribution in [1.82, 2.24) is 0 Å².